The molecule has 0 aromatic heterocycles. The van der Waals surface area contributed by atoms with E-state index in [1.165, 1.54) is 0 Å². The molecule has 1 fully saturated rings. The summed E-state index contributed by atoms with van der Waals surface area (Å²) in [5, 5.41) is 2.88. The Morgan fingerprint density at radius 3 is 2.40 bits per heavy atom. The second-order valence-electron chi connectivity index (χ2n) is 8.92. The van der Waals surface area contributed by atoms with Crippen LogP contribution in [-0.2, 0) is 11.2 Å². The van der Waals surface area contributed by atoms with Crippen molar-refractivity contribution in [2.24, 2.45) is 5.41 Å². The van der Waals surface area contributed by atoms with Crippen molar-refractivity contribution in [1.29, 1.82) is 0 Å². The number of benzene rings is 2. The van der Waals surface area contributed by atoms with E-state index >= 15 is 0 Å². The molecular formula is C24H31F3N2O. The number of amides is 1. The summed E-state index contributed by atoms with van der Waals surface area (Å²) in [5.41, 5.74) is 2.61. The fourth-order valence-electron chi connectivity index (χ4n) is 4.29. The third-order valence-electron chi connectivity index (χ3n) is 5.95. The molecule has 0 saturated carbocycles. The molecule has 0 aliphatic carbocycles. The Bertz CT molecular complexity index is 892. The van der Waals surface area contributed by atoms with Gasteiger partial charge in [-0.15, -0.1) is 0 Å². The van der Waals surface area contributed by atoms with Crippen LogP contribution in [0.5, 0.6) is 0 Å². The Balaban J connectivity index is 2.02. The maximum atomic E-state index is 14.3. The van der Waals surface area contributed by atoms with Crippen LogP contribution in [-0.4, -0.2) is 23.6 Å². The molecule has 1 N–H and O–H groups in total. The molecule has 30 heavy (non-hydrogen) atoms. The zero-order valence-electron chi connectivity index (χ0n) is 18.0. The molecule has 2 aromatic rings. The number of aryl methyl sites for hydroxylation is 1. The molecular weight excluding hydrogens is 389 g/mol. The lowest BCUT2D eigenvalue weighted by Crippen LogP contribution is -2.44. The average molecular weight is 421 g/mol. The third kappa shape index (κ3) is 4.80. The summed E-state index contributed by atoms with van der Waals surface area (Å²) < 4.78 is 42.9. The van der Waals surface area contributed by atoms with Gasteiger partial charge in [0.2, 0.25) is 5.91 Å². The van der Waals surface area contributed by atoms with Gasteiger partial charge in [0, 0.05) is 6.54 Å². The van der Waals surface area contributed by atoms with E-state index in [0.29, 0.717) is 6.42 Å². The molecule has 3 nitrogen and oxygen atoms in total. The minimum absolute atomic E-state index is 0.0127. The van der Waals surface area contributed by atoms with Gasteiger partial charge in [0.15, 0.2) is 0 Å². The Labute approximate surface area is 176 Å². The predicted molar refractivity (Wildman–Crippen MR) is 114 cm³/mol. The molecule has 1 aliphatic heterocycles. The predicted octanol–water partition coefficient (Wildman–Crippen LogP) is 6.33. The van der Waals surface area contributed by atoms with Crippen LogP contribution in [0, 0.1) is 5.41 Å². The highest BCUT2D eigenvalue weighted by molar-refractivity contribution is 5.87. The summed E-state index contributed by atoms with van der Waals surface area (Å²) >= 11 is 0. The van der Waals surface area contributed by atoms with E-state index in [9.17, 15) is 18.0 Å². The zero-order valence-corrected chi connectivity index (χ0v) is 18.0. The van der Waals surface area contributed by atoms with Gasteiger partial charge in [0.05, 0.1) is 5.41 Å². The van der Waals surface area contributed by atoms with Crippen molar-refractivity contribution in [2.75, 3.05) is 6.54 Å². The van der Waals surface area contributed by atoms with Crippen LogP contribution in [0.3, 0.4) is 0 Å². The molecule has 1 unspecified atom stereocenters. The van der Waals surface area contributed by atoms with Crippen molar-refractivity contribution in [2.45, 2.75) is 71.5 Å². The fraction of sp³-hybridized carbons (Fsp3) is 0.542. The monoisotopic (exact) mass is 420 g/mol. The van der Waals surface area contributed by atoms with Gasteiger partial charge in [0.1, 0.15) is 6.04 Å². The number of rotatable bonds is 8. The van der Waals surface area contributed by atoms with Crippen molar-refractivity contribution in [3.8, 4) is 0 Å². The molecule has 0 radical (unpaired) electrons. The Morgan fingerprint density at radius 2 is 1.77 bits per heavy atom. The topological polar surface area (TPSA) is 32.3 Å². The second kappa shape index (κ2) is 8.96. The van der Waals surface area contributed by atoms with Gasteiger partial charge < -0.3 is 0 Å². The van der Waals surface area contributed by atoms with Crippen LogP contribution in [0.15, 0.2) is 36.4 Å². The van der Waals surface area contributed by atoms with Gasteiger partial charge in [-0.25, -0.2) is 5.01 Å². The Hall–Kier alpha value is -2.08. The summed E-state index contributed by atoms with van der Waals surface area (Å²) in [7, 11) is 0. The van der Waals surface area contributed by atoms with E-state index in [1.807, 2.05) is 24.3 Å². The van der Waals surface area contributed by atoms with Gasteiger partial charge in [-0.3, -0.25) is 10.2 Å². The lowest BCUT2D eigenvalue weighted by Gasteiger charge is -2.32. The molecule has 2 aromatic carbocycles. The second-order valence-corrected chi connectivity index (χ2v) is 8.92. The first-order chi connectivity index (χ1) is 14.1. The van der Waals surface area contributed by atoms with Gasteiger partial charge in [0.25, 0.3) is 0 Å². The van der Waals surface area contributed by atoms with E-state index < -0.39 is 17.6 Å². The highest BCUT2D eigenvalue weighted by Crippen LogP contribution is 2.43. The number of hydrogen-bond donors (Lipinski definition) is 1. The number of hydrazine groups is 1. The zero-order chi connectivity index (χ0) is 21.9. The summed E-state index contributed by atoms with van der Waals surface area (Å²) in [6.45, 7) is 5.50. The van der Waals surface area contributed by atoms with E-state index in [0.717, 1.165) is 53.4 Å². The highest BCUT2D eigenvalue weighted by atomic mass is 19.4. The summed E-state index contributed by atoms with van der Waals surface area (Å²) in [6.07, 6.45) is 1.30. The van der Waals surface area contributed by atoms with E-state index in [4.69, 9.17) is 0 Å². The molecule has 1 heterocycles. The van der Waals surface area contributed by atoms with Crippen LogP contribution in [0.1, 0.15) is 70.0 Å². The Kier molecular flexibility index (Phi) is 6.75. The van der Waals surface area contributed by atoms with Gasteiger partial charge >= 0.3 is 6.18 Å². The third-order valence-corrected chi connectivity index (χ3v) is 5.95. The number of alkyl halides is 3. The normalized spacial score (nSPS) is 18.0. The number of nitrogens with one attached hydrogen (secondary N) is 1. The number of fused-ring (bicyclic) bond motifs is 1. The van der Waals surface area contributed by atoms with Crippen molar-refractivity contribution >= 4 is 16.7 Å². The SMILES string of the molecule is CCCCCCCc1c(C(N2CC(C)(C)C(=O)N2)C(F)(F)F)ccc2ccccc12. The number of hydrogen-bond acceptors (Lipinski definition) is 2. The Morgan fingerprint density at radius 1 is 1.07 bits per heavy atom. The first kappa shape index (κ1) is 22.6. The lowest BCUT2D eigenvalue weighted by atomic mass is 9.89. The van der Waals surface area contributed by atoms with Crippen molar-refractivity contribution in [3.05, 3.63) is 47.5 Å². The van der Waals surface area contributed by atoms with Crippen molar-refractivity contribution in [3.63, 3.8) is 0 Å². The van der Waals surface area contributed by atoms with Crippen molar-refractivity contribution in [1.82, 2.24) is 10.4 Å². The van der Waals surface area contributed by atoms with Crippen LogP contribution < -0.4 is 5.43 Å². The summed E-state index contributed by atoms with van der Waals surface area (Å²) in [5.74, 6) is -0.376. The average Bonchev–Trinajstić information content (AvgIpc) is 2.93. The molecule has 1 amide bonds. The molecule has 1 atom stereocenters. The largest absolute Gasteiger partial charge is 0.409 e. The minimum Gasteiger partial charge on any atom is -0.287 e. The van der Waals surface area contributed by atoms with Crippen LogP contribution in [0.4, 0.5) is 13.2 Å². The molecule has 0 bridgehead atoms. The minimum atomic E-state index is -4.51. The standard InChI is InChI=1S/C24H31F3N2O/c1-4-5-6-7-8-13-19-18-12-10-9-11-17(18)14-15-20(19)21(24(25,26)27)29-16-23(2,3)22(30)28-29/h9-12,14-15,21H,4-8,13,16H2,1-3H3,(H,28,30). The molecule has 3 rings (SSSR count). The quantitative estimate of drug-likeness (QED) is 0.506. The number of halogens is 3. The van der Waals surface area contributed by atoms with Crippen molar-refractivity contribution < 1.29 is 18.0 Å². The molecule has 1 aliphatic rings. The molecule has 0 spiro atoms. The fourth-order valence-corrected chi connectivity index (χ4v) is 4.29. The highest BCUT2D eigenvalue weighted by Gasteiger charge is 2.51. The maximum absolute atomic E-state index is 14.3. The van der Waals surface area contributed by atoms with Gasteiger partial charge in [-0.1, -0.05) is 69.0 Å². The van der Waals surface area contributed by atoms with Crippen LogP contribution >= 0.6 is 0 Å². The van der Waals surface area contributed by atoms with E-state index in [-0.39, 0.29) is 18.0 Å². The van der Waals surface area contributed by atoms with Crippen LogP contribution in [0.2, 0.25) is 0 Å². The van der Waals surface area contributed by atoms with E-state index in [2.05, 4.69) is 12.3 Å². The van der Waals surface area contributed by atoms with E-state index in [1.54, 1.807) is 26.0 Å². The van der Waals surface area contributed by atoms with Gasteiger partial charge in [-0.05, 0) is 48.6 Å². The maximum Gasteiger partial charge on any atom is 0.409 e. The number of nitrogens with zero attached hydrogens (tertiary/aromatic N) is 1. The first-order valence-corrected chi connectivity index (χ1v) is 10.8. The first-order valence-electron chi connectivity index (χ1n) is 10.8. The number of carbonyl (C=O) groups excluding carboxylic acids is 1. The number of unbranched alkanes of at least 4 members (excludes halogenated alkanes) is 4. The summed E-state index contributed by atoms with van der Waals surface area (Å²) in [4.78, 5) is 12.2. The number of carbonyl (C=O) groups is 1. The molecule has 6 heteroatoms. The lowest BCUT2D eigenvalue weighted by molar-refractivity contribution is -0.191. The summed E-state index contributed by atoms with van der Waals surface area (Å²) in [6, 6.07) is 9.10. The van der Waals surface area contributed by atoms with Crippen LogP contribution in [0.25, 0.3) is 10.8 Å². The smallest absolute Gasteiger partial charge is 0.287 e. The molecule has 164 valence electrons. The van der Waals surface area contributed by atoms with Gasteiger partial charge in [-0.2, -0.15) is 13.2 Å². The molecule has 1 saturated heterocycles.